The van der Waals surface area contributed by atoms with E-state index in [-0.39, 0.29) is 12.6 Å². The summed E-state index contributed by atoms with van der Waals surface area (Å²) in [4.78, 5) is 25.9. The second kappa shape index (κ2) is 7.27. The summed E-state index contributed by atoms with van der Waals surface area (Å²) in [6.07, 6.45) is 0. The second-order valence-electron chi connectivity index (χ2n) is 5.94. The number of rotatable bonds is 6. The molecule has 0 saturated heterocycles. The molecule has 0 saturated carbocycles. The maximum atomic E-state index is 13.2. The number of primary amides is 1. The molecule has 126 valence electrons. The first kappa shape index (κ1) is 17.7. The van der Waals surface area contributed by atoms with E-state index in [1.54, 1.807) is 62.4 Å². The van der Waals surface area contributed by atoms with E-state index < -0.39 is 17.4 Å². The Bertz CT molecular complexity index is 660. The van der Waals surface area contributed by atoms with Gasteiger partial charge >= 0.3 is 0 Å². The van der Waals surface area contributed by atoms with Crippen molar-refractivity contribution in [3.05, 3.63) is 71.8 Å². The first-order valence-electron chi connectivity index (χ1n) is 7.80. The summed E-state index contributed by atoms with van der Waals surface area (Å²) >= 11 is 0. The summed E-state index contributed by atoms with van der Waals surface area (Å²) < 4.78 is 0. The Kier molecular flexibility index (Phi) is 5.36. The molecule has 5 heteroatoms. The number of carbonyl (C=O) groups excluding carboxylic acids is 2. The zero-order chi connectivity index (χ0) is 17.7. The third kappa shape index (κ3) is 3.46. The fourth-order valence-electron chi connectivity index (χ4n) is 2.64. The molecular formula is C19H22N2O3. The Morgan fingerprint density at radius 3 is 1.75 bits per heavy atom. The highest BCUT2D eigenvalue weighted by Crippen LogP contribution is 2.32. The average Bonchev–Trinajstić information content (AvgIpc) is 2.59. The van der Waals surface area contributed by atoms with Crippen molar-refractivity contribution in [2.75, 3.05) is 6.54 Å². The quantitative estimate of drug-likeness (QED) is 0.846. The normalized spacial score (nSPS) is 11.3. The lowest BCUT2D eigenvalue weighted by molar-refractivity contribution is -0.151. The van der Waals surface area contributed by atoms with E-state index in [9.17, 15) is 14.7 Å². The van der Waals surface area contributed by atoms with Crippen molar-refractivity contribution in [3.63, 3.8) is 0 Å². The summed E-state index contributed by atoms with van der Waals surface area (Å²) in [5.41, 5.74) is 4.27. The standard InChI is InChI=1S/C19H22N2O3/c1-14(2)21(13-17(20)22)18(23)19(24,15-9-5-3-6-10-15)16-11-7-4-8-12-16/h3-12,14,24H,13H2,1-2H3,(H2,20,22). The van der Waals surface area contributed by atoms with Crippen LogP contribution < -0.4 is 5.73 Å². The van der Waals surface area contributed by atoms with Crippen LogP contribution in [-0.4, -0.2) is 34.4 Å². The lowest BCUT2D eigenvalue weighted by atomic mass is 9.84. The number of aliphatic hydroxyl groups is 1. The molecule has 0 aromatic heterocycles. The molecule has 0 atom stereocenters. The van der Waals surface area contributed by atoms with E-state index in [4.69, 9.17) is 5.73 Å². The monoisotopic (exact) mass is 326 g/mol. The van der Waals surface area contributed by atoms with Crippen molar-refractivity contribution in [1.82, 2.24) is 4.90 Å². The Morgan fingerprint density at radius 2 is 1.42 bits per heavy atom. The first-order valence-corrected chi connectivity index (χ1v) is 7.80. The Balaban J connectivity index is 2.58. The van der Waals surface area contributed by atoms with E-state index in [1.165, 1.54) is 4.90 Å². The molecule has 2 aromatic carbocycles. The molecule has 2 amide bonds. The van der Waals surface area contributed by atoms with Gasteiger partial charge in [0.05, 0.1) is 6.54 Å². The van der Waals surface area contributed by atoms with Crippen molar-refractivity contribution >= 4 is 11.8 Å². The van der Waals surface area contributed by atoms with E-state index >= 15 is 0 Å². The Hall–Kier alpha value is -2.66. The molecule has 24 heavy (non-hydrogen) atoms. The SMILES string of the molecule is CC(C)N(CC(N)=O)C(=O)C(O)(c1ccccc1)c1ccccc1. The highest BCUT2D eigenvalue weighted by atomic mass is 16.3. The molecule has 2 aromatic rings. The third-order valence-electron chi connectivity index (χ3n) is 3.90. The van der Waals surface area contributed by atoms with Crippen LogP contribution in [0.15, 0.2) is 60.7 Å². The van der Waals surface area contributed by atoms with Gasteiger partial charge in [0.2, 0.25) is 5.91 Å². The first-order chi connectivity index (χ1) is 11.4. The Labute approximate surface area is 141 Å². The minimum Gasteiger partial charge on any atom is -0.372 e. The summed E-state index contributed by atoms with van der Waals surface area (Å²) in [6.45, 7) is 3.30. The number of amides is 2. The molecule has 0 fully saturated rings. The van der Waals surface area contributed by atoms with Crippen molar-refractivity contribution in [3.8, 4) is 0 Å². The van der Waals surface area contributed by atoms with Crippen LogP contribution in [0, 0.1) is 0 Å². The summed E-state index contributed by atoms with van der Waals surface area (Å²) in [5, 5.41) is 11.4. The summed E-state index contributed by atoms with van der Waals surface area (Å²) in [7, 11) is 0. The van der Waals surface area contributed by atoms with Gasteiger partial charge in [0, 0.05) is 6.04 Å². The predicted octanol–water partition coefficient (Wildman–Crippen LogP) is 1.64. The second-order valence-corrected chi connectivity index (χ2v) is 5.94. The zero-order valence-electron chi connectivity index (χ0n) is 13.8. The molecule has 0 heterocycles. The zero-order valence-corrected chi connectivity index (χ0v) is 13.8. The van der Waals surface area contributed by atoms with Gasteiger partial charge in [0.1, 0.15) is 0 Å². The van der Waals surface area contributed by atoms with Crippen molar-refractivity contribution in [2.45, 2.75) is 25.5 Å². The van der Waals surface area contributed by atoms with Gasteiger partial charge in [0.25, 0.3) is 5.91 Å². The van der Waals surface area contributed by atoms with Crippen LogP contribution in [0.2, 0.25) is 0 Å². The molecule has 3 N–H and O–H groups in total. The van der Waals surface area contributed by atoms with Gasteiger partial charge in [0.15, 0.2) is 5.60 Å². The molecular weight excluding hydrogens is 304 g/mol. The third-order valence-corrected chi connectivity index (χ3v) is 3.90. The van der Waals surface area contributed by atoms with Gasteiger partial charge in [-0.3, -0.25) is 9.59 Å². The van der Waals surface area contributed by atoms with Gasteiger partial charge in [-0.15, -0.1) is 0 Å². The lowest BCUT2D eigenvalue weighted by Crippen LogP contribution is -2.52. The number of nitrogens with zero attached hydrogens (tertiary/aromatic N) is 1. The summed E-state index contributed by atoms with van der Waals surface area (Å²) in [5.74, 6) is -1.20. The van der Waals surface area contributed by atoms with Crippen molar-refractivity contribution in [1.29, 1.82) is 0 Å². The molecule has 5 nitrogen and oxygen atoms in total. The van der Waals surface area contributed by atoms with Gasteiger partial charge in [-0.05, 0) is 25.0 Å². The fraction of sp³-hybridized carbons (Fsp3) is 0.263. The maximum Gasteiger partial charge on any atom is 0.264 e. The number of nitrogens with two attached hydrogens (primary N) is 1. The number of hydrogen-bond donors (Lipinski definition) is 2. The van der Waals surface area contributed by atoms with Crippen LogP contribution in [0.4, 0.5) is 0 Å². The van der Waals surface area contributed by atoms with E-state index in [0.717, 1.165) is 0 Å². The smallest absolute Gasteiger partial charge is 0.264 e. The van der Waals surface area contributed by atoms with Crippen LogP contribution in [0.3, 0.4) is 0 Å². The molecule has 0 aliphatic heterocycles. The number of hydrogen-bond acceptors (Lipinski definition) is 3. The number of carbonyl (C=O) groups is 2. The average molecular weight is 326 g/mol. The highest BCUT2D eigenvalue weighted by molar-refractivity contribution is 5.93. The van der Waals surface area contributed by atoms with Crippen LogP contribution >= 0.6 is 0 Å². The molecule has 0 radical (unpaired) electrons. The predicted molar refractivity (Wildman–Crippen MR) is 91.9 cm³/mol. The minimum absolute atomic E-state index is 0.252. The maximum absolute atomic E-state index is 13.2. The van der Waals surface area contributed by atoms with Crippen LogP contribution in [0.5, 0.6) is 0 Å². The van der Waals surface area contributed by atoms with E-state index in [0.29, 0.717) is 11.1 Å². The molecule has 0 unspecified atom stereocenters. The van der Waals surface area contributed by atoms with Gasteiger partial charge in [-0.1, -0.05) is 60.7 Å². The van der Waals surface area contributed by atoms with E-state index in [2.05, 4.69) is 0 Å². The van der Waals surface area contributed by atoms with Crippen LogP contribution in [-0.2, 0) is 15.2 Å². The summed E-state index contributed by atoms with van der Waals surface area (Å²) in [6, 6.07) is 17.1. The molecule has 0 bridgehead atoms. The fourth-order valence-corrected chi connectivity index (χ4v) is 2.64. The van der Waals surface area contributed by atoms with Crippen molar-refractivity contribution < 1.29 is 14.7 Å². The number of benzene rings is 2. The highest BCUT2D eigenvalue weighted by Gasteiger charge is 2.43. The largest absolute Gasteiger partial charge is 0.372 e. The topological polar surface area (TPSA) is 83.6 Å². The van der Waals surface area contributed by atoms with Crippen LogP contribution in [0.25, 0.3) is 0 Å². The molecule has 0 aliphatic rings. The van der Waals surface area contributed by atoms with Crippen molar-refractivity contribution in [2.24, 2.45) is 5.73 Å². The van der Waals surface area contributed by atoms with Gasteiger partial charge in [-0.25, -0.2) is 0 Å². The molecule has 0 spiro atoms. The van der Waals surface area contributed by atoms with Gasteiger partial charge < -0.3 is 15.7 Å². The Morgan fingerprint density at radius 1 is 1.00 bits per heavy atom. The minimum atomic E-state index is -1.89. The van der Waals surface area contributed by atoms with E-state index in [1.807, 2.05) is 12.1 Å². The lowest BCUT2D eigenvalue weighted by Gasteiger charge is -2.35. The molecule has 2 rings (SSSR count). The van der Waals surface area contributed by atoms with Crippen LogP contribution in [0.1, 0.15) is 25.0 Å². The van der Waals surface area contributed by atoms with Gasteiger partial charge in [-0.2, -0.15) is 0 Å². The molecule has 0 aliphatic carbocycles.